The van der Waals surface area contributed by atoms with Crippen molar-refractivity contribution in [3.8, 4) is 0 Å². The zero-order valence-electron chi connectivity index (χ0n) is 14.7. The Bertz CT molecular complexity index is 448. The van der Waals surface area contributed by atoms with Crippen molar-refractivity contribution in [2.24, 2.45) is 5.92 Å². The zero-order chi connectivity index (χ0) is 18.0. The van der Waals surface area contributed by atoms with Gasteiger partial charge in [0.1, 0.15) is 5.60 Å². The van der Waals surface area contributed by atoms with Gasteiger partial charge >= 0.3 is 12.1 Å². The highest BCUT2D eigenvalue weighted by Crippen LogP contribution is 2.41. The molecule has 0 aromatic heterocycles. The molecule has 0 heterocycles. The van der Waals surface area contributed by atoms with Crippen LogP contribution in [0.1, 0.15) is 53.9 Å². The van der Waals surface area contributed by atoms with Crippen LogP contribution in [0.4, 0.5) is 13.6 Å². The molecule has 0 aromatic rings. The molecule has 0 aromatic carbocycles. The molecule has 23 heavy (non-hydrogen) atoms. The Kier molecular flexibility index (Phi) is 5.99. The summed E-state index contributed by atoms with van der Waals surface area (Å²) in [6.45, 7) is 8.41. The maximum atomic E-state index is 14.3. The van der Waals surface area contributed by atoms with E-state index in [2.05, 4.69) is 0 Å². The highest BCUT2D eigenvalue weighted by atomic mass is 19.3. The van der Waals surface area contributed by atoms with Crippen LogP contribution in [0.3, 0.4) is 0 Å². The number of carbonyl (C=O) groups excluding carboxylic acids is 2. The third-order valence-corrected chi connectivity index (χ3v) is 3.92. The summed E-state index contributed by atoms with van der Waals surface area (Å²) in [4.78, 5) is 24.9. The maximum absolute atomic E-state index is 14.3. The van der Waals surface area contributed by atoms with E-state index < -0.39 is 35.7 Å². The van der Waals surface area contributed by atoms with Gasteiger partial charge in [0.05, 0.1) is 6.04 Å². The minimum Gasteiger partial charge on any atom is -0.454 e. The first-order valence-corrected chi connectivity index (χ1v) is 7.92. The lowest BCUT2D eigenvalue weighted by Gasteiger charge is -2.44. The van der Waals surface area contributed by atoms with Crippen molar-refractivity contribution in [2.75, 3.05) is 7.05 Å². The zero-order valence-corrected chi connectivity index (χ0v) is 14.7. The highest BCUT2D eigenvalue weighted by Gasteiger charge is 2.54. The molecule has 1 amide bonds. The van der Waals surface area contributed by atoms with Crippen molar-refractivity contribution < 1.29 is 27.8 Å². The van der Waals surface area contributed by atoms with E-state index in [0.29, 0.717) is 0 Å². The maximum Gasteiger partial charge on any atom is 0.410 e. The van der Waals surface area contributed by atoms with Gasteiger partial charge < -0.3 is 14.4 Å². The number of rotatable bonds is 3. The summed E-state index contributed by atoms with van der Waals surface area (Å²) < 4.78 is 38.8. The summed E-state index contributed by atoms with van der Waals surface area (Å²) in [5.74, 6) is -4.11. The predicted octanol–water partition coefficient (Wildman–Crippen LogP) is 3.61. The van der Waals surface area contributed by atoms with Crippen LogP contribution in [-0.4, -0.2) is 47.7 Å². The molecule has 0 spiro atoms. The number of hydrogen-bond acceptors (Lipinski definition) is 4. The largest absolute Gasteiger partial charge is 0.454 e. The molecular formula is C16H27F2NO4. The lowest BCUT2D eigenvalue weighted by molar-refractivity contribution is -0.201. The Balaban J connectivity index is 3.04. The van der Waals surface area contributed by atoms with Gasteiger partial charge in [-0.15, -0.1) is 0 Å². The predicted molar refractivity (Wildman–Crippen MR) is 81.3 cm³/mol. The molecule has 0 saturated heterocycles. The van der Waals surface area contributed by atoms with Crippen LogP contribution in [-0.2, 0) is 14.3 Å². The summed E-state index contributed by atoms with van der Waals surface area (Å²) in [5, 5.41) is 0. The van der Waals surface area contributed by atoms with E-state index in [1.165, 1.54) is 7.05 Å². The van der Waals surface area contributed by atoms with Crippen molar-refractivity contribution >= 4 is 12.1 Å². The SMILES string of the molecule is CCC(=O)OC1C(N(C)C(=O)OC(C)(C)C)C(C)CCC1(F)F. The van der Waals surface area contributed by atoms with Crippen molar-refractivity contribution in [2.45, 2.75) is 77.6 Å². The molecule has 1 fully saturated rings. The summed E-state index contributed by atoms with van der Waals surface area (Å²) in [6, 6.07) is -0.927. The van der Waals surface area contributed by atoms with Gasteiger partial charge in [-0.2, -0.15) is 0 Å². The van der Waals surface area contributed by atoms with Crippen molar-refractivity contribution in [3.05, 3.63) is 0 Å². The molecule has 1 aliphatic rings. The summed E-state index contributed by atoms with van der Waals surface area (Å²) in [5.41, 5.74) is -0.735. The van der Waals surface area contributed by atoms with E-state index in [1.54, 1.807) is 34.6 Å². The van der Waals surface area contributed by atoms with Crippen LogP contribution < -0.4 is 0 Å². The molecule has 0 bridgehead atoms. The standard InChI is InChI=1S/C16H27F2NO4/c1-7-11(20)22-13-12(10(2)8-9-16(13,17)18)19(6)14(21)23-15(3,4)5/h10,12-13H,7-9H2,1-6H3. The normalized spacial score (nSPS) is 27.2. The number of hydrogen-bond donors (Lipinski definition) is 0. The fraction of sp³-hybridized carbons (Fsp3) is 0.875. The number of nitrogens with zero attached hydrogens (tertiary/aromatic N) is 1. The van der Waals surface area contributed by atoms with E-state index in [9.17, 15) is 18.4 Å². The summed E-state index contributed by atoms with van der Waals surface area (Å²) in [6.07, 6.45) is -2.48. The lowest BCUT2D eigenvalue weighted by Crippen LogP contribution is -2.60. The number of ether oxygens (including phenoxy) is 2. The topological polar surface area (TPSA) is 55.8 Å². The van der Waals surface area contributed by atoms with Crippen LogP contribution >= 0.6 is 0 Å². The Morgan fingerprint density at radius 3 is 2.35 bits per heavy atom. The summed E-state index contributed by atoms with van der Waals surface area (Å²) >= 11 is 0. The molecule has 1 rings (SSSR count). The van der Waals surface area contributed by atoms with E-state index >= 15 is 0 Å². The minimum atomic E-state index is -3.17. The molecule has 1 aliphatic carbocycles. The number of alkyl halides is 2. The van der Waals surface area contributed by atoms with Gasteiger partial charge in [0.15, 0.2) is 6.10 Å². The van der Waals surface area contributed by atoms with Crippen LogP contribution in [0.15, 0.2) is 0 Å². The Hall–Kier alpha value is -1.40. The lowest BCUT2D eigenvalue weighted by atomic mass is 9.80. The molecule has 3 unspecified atom stereocenters. The number of esters is 1. The second-order valence-corrected chi connectivity index (χ2v) is 7.12. The second kappa shape index (κ2) is 7.01. The minimum absolute atomic E-state index is 0.00380. The Morgan fingerprint density at radius 2 is 1.87 bits per heavy atom. The average Bonchev–Trinajstić information content (AvgIpc) is 2.40. The van der Waals surface area contributed by atoms with E-state index in [4.69, 9.17) is 9.47 Å². The van der Waals surface area contributed by atoms with Gasteiger partial charge in [-0.3, -0.25) is 4.79 Å². The van der Waals surface area contributed by atoms with Crippen LogP contribution in [0.25, 0.3) is 0 Å². The Morgan fingerprint density at radius 1 is 1.30 bits per heavy atom. The molecular weight excluding hydrogens is 308 g/mol. The number of amides is 1. The van der Waals surface area contributed by atoms with E-state index in [-0.39, 0.29) is 25.2 Å². The van der Waals surface area contributed by atoms with Gasteiger partial charge in [0.25, 0.3) is 5.92 Å². The third kappa shape index (κ3) is 5.04. The monoisotopic (exact) mass is 335 g/mol. The molecule has 0 N–H and O–H groups in total. The van der Waals surface area contributed by atoms with E-state index in [1.807, 2.05) is 0 Å². The number of likely N-dealkylation sites (N-methyl/N-ethyl adjacent to an activating group) is 1. The second-order valence-electron chi connectivity index (χ2n) is 7.12. The van der Waals surface area contributed by atoms with Gasteiger partial charge in [-0.1, -0.05) is 13.8 Å². The van der Waals surface area contributed by atoms with Crippen molar-refractivity contribution in [3.63, 3.8) is 0 Å². The van der Waals surface area contributed by atoms with E-state index in [0.717, 1.165) is 4.90 Å². The molecule has 5 nitrogen and oxygen atoms in total. The van der Waals surface area contributed by atoms with Gasteiger partial charge in [-0.25, -0.2) is 13.6 Å². The van der Waals surface area contributed by atoms with Crippen LogP contribution in [0.5, 0.6) is 0 Å². The van der Waals surface area contributed by atoms with Crippen molar-refractivity contribution in [1.29, 1.82) is 0 Å². The molecule has 1 saturated carbocycles. The highest BCUT2D eigenvalue weighted by molar-refractivity contribution is 5.70. The van der Waals surface area contributed by atoms with Crippen LogP contribution in [0, 0.1) is 5.92 Å². The summed E-state index contributed by atoms with van der Waals surface area (Å²) in [7, 11) is 1.41. The first kappa shape index (κ1) is 19.6. The molecule has 3 atom stereocenters. The number of halogens is 2. The van der Waals surface area contributed by atoms with Crippen molar-refractivity contribution in [1.82, 2.24) is 4.90 Å². The van der Waals surface area contributed by atoms with Gasteiger partial charge in [0.2, 0.25) is 0 Å². The van der Waals surface area contributed by atoms with Crippen LogP contribution in [0.2, 0.25) is 0 Å². The smallest absolute Gasteiger partial charge is 0.410 e. The Labute approximate surface area is 136 Å². The first-order valence-electron chi connectivity index (χ1n) is 7.92. The molecule has 134 valence electrons. The number of carbonyl (C=O) groups is 2. The average molecular weight is 335 g/mol. The molecule has 0 aliphatic heterocycles. The first-order chi connectivity index (χ1) is 10.4. The molecule has 0 radical (unpaired) electrons. The molecule has 7 heteroatoms. The fourth-order valence-corrected chi connectivity index (χ4v) is 2.70. The fourth-order valence-electron chi connectivity index (χ4n) is 2.70. The van der Waals surface area contributed by atoms with Gasteiger partial charge in [0, 0.05) is 19.9 Å². The van der Waals surface area contributed by atoms with Gasteiger partial charge in [-0.05, 0) is 33.1 Å². The third-order valence-electron chi connectivity index (χ3n) is 3.92. The quantitative estimate of drug-likeness (QED) is 0.739.